The van der Waals surface area contributed by atoms with E-state index in [4.69, 9.17) is 4.74 Å². The fourth-order valence-corrected chi connectivity index (χ4v) is 3.37. The van der Waals surface area contributed by atoms with Crippen LogP contribution in [0, 0.1) is 5.92 Å². The first-order chi connectivity index (χ1) is 10.2. The number of rotatable bonds is 4. The number of carbonyl (C=O) groups excluding carboxylic acids is 2. The summed E-state index contributed by atoms with van der Waals surface area (Å²) in [6.07, 6.45) is 3.47. The van der Waals surface area contributed by atoms with Crippen molar-refractivity contribution in [3.8, 4) is 0 Å². The van der Waals surface area contributed by atoms with Gasteiger partial charge in [-0.2, -0.15) is 0 Å². The standard InChI is InChI=1S/C18H20O3/c1-2-7-13-16-14(19)10-6-11-15(16)21-18(13)17(20)12-8-4-3-5-9-12/h3-5,8-9,13,18H,2,6-7,10-11H2,1H3. The molecule has 1 heterocycles. The zero-order chi connectivity index (χ0) is 14.8. The van der Waals surface area contributed by atoms with E-state index in [1.807, 2.05) is 30.3 Å². The van der Waals surface area contributed by atoms with Crippen LogP contribution in [0.5, 0.6) is 0 Å². The fraction of sp³-hybridized carbons (Fsp3) is 0.444. The van der Waals surface area contributed by atoms with Crippen molar-refractivity contribution >= 4 is 11.6 Å². The summed E-state index contributed by atoms with van der Waals surface area (Å²) >= 11 is 0. The Bertz CT molecular complexity index is 586. The van der Waals surface area contributed by atoms with Crippen LogP contribution < -0.4 is 0 Å². The predicted molar refractivity (Wildman–Crippen MR) is 79.9 cm³/mol. The molecule has 0 radical (unpaired) electrons. The zero-order valence-corrected chi connectivity index (χ0v) is 12.3. The highest BCUT2D eigenvalue weighted by Gasteiger charge is 2.44. The molecule has 1 aliphatic heterocycles. The molecule has 0 fully saturated rings. The lowest BCUT2D eigenvalue weighted by Gasteiger charge is -2.19. The van der Waals surface area contributed by atoms with Crippen LogP contribution in [0.15, 0.2) is 41.7 Å². The number of carbonyl (C=O) groups is 2. The van der Waals surface area contributed by atoms with Crippen LogP contribution in [0.25, 0.3) is 0 Å². The average molecular weight is 284 g/mol. The Hall–Kier alpha value is -1.90. The van der Waals surface area contributed by atoms with Crippen LogP contribution >= 0.6 is 0 Å². The summed E-state index contributed by atoms with van der Waals surface area (Å²) in [5.74, 6) is 0.888. The Balaban J connectivity index is 1.90. The molecule has 3 nitrogen and oxygen atoms in total. The van der Waals surface area contributed by atoms with Gasteiger partial charge < -0.3 is 4.74 Å². The number of ether oxygens (including phenoxy) is 1. The summed E-state index contributed by atoms with van der Waals surface area (Å²) in [6, 6.07) is 9.23. The van der Waals surface area contributed by atoms with Gasteiger partial charge in [0.25, 0.3) is 0 Å². The molecule has 2 atom stereocenters. The summed E-state index contributed by atoms with van der Waals surface area (Å²) < 4.78 is 5.93. The molecule has 0 saturated carbocycles. The highest BCUT2D eigenvalue weighted by atomic mass is 16.5. The molecule has 110 valence electrons. The lowest BCUT2D eigenvalue weighted by atomic mass is 9.82. The smallest absolute Gasteiger partial charge is 0.203 e. The first-order valence-electron chi connectivity index (χ1n) is 7.74. The van der Waals surface area contributed by atoms with E-state index in [0.717, 1.165) is 37.0 Å². The second-order valence-electron chi connectivity index (χ2n) is 5.78. The van der Waals surface area contributed by atoms with Crippen molar-refractivity contribution in [1.29, 1.82) is 0 Å². The quantitative estimate of drug-likeness (QED) is 0.792. The number of hydrogen-bond donors (Lipinski definition) is 0. The minimum absolute atomic E-state index is 0.00347. The second-order valence-corrected chi connectivity index (χ2v) is 5.78. The first-order valence-corrected chi connectivity index (χ1v) is 7.74. The Kier molecular flexibility index (Phi) is 3.91. The highest BCUT2D eigenvalue weighted by molar-refractivity contribution is 6.04. The van der Waals surface area contributed by atoms with Gasteiger partial charge in [0.1, 0.15) is 5.76 Å². The molecule has 1 aromatic rings. The molecule has 21 heavy (non-hydrogen) atoms. The van der Waals surface area contributed by atoms with Crippen molar-refractivity contribution in [1.82, 2.24) is 0 Å². The average Bonchev–Trinajstić information content (AvgIpc) is 2.88. The summed E-state index contributed by atoms with van der Waals surface area (Å²) in [6.45, 7) is 2.08. The molecular weight excluding hydrogens is 264 g/mol. The van der Waals surface area contributed by atoms with E-state index in [2.05, 4.69) is 6.92 Å². The first kappa shape index (κ1) is 14.1. The Morgan fingerprint density at radius 3 is 2.71 bits per heavy atom. The third-order valence-electron chi connectivity index (χ3n) is 4.33. The van der Waals surface area contributed by atoms with Gasteiger partial charge in [-0.1, -0.05) is 43.7 Å². The molecular formula is C18H20O3. The largest absolute Gasteiger partial charge is 0.486 e. The monoisotopic (exact) mass is 284 g/mol. The van der Waals surface area contributed by atoms with Gasteiger partial charge in [-0.05, 0) is 12.8 Å². The van der Waals surface area contributed by atoms with Gasteiger partial charge in [0, 0.05) is 29.9 Å². The van der Waals surface area contributed by atoms with Crippen LogP contribution in [0.3, 0.4) is 0 Å². The van der Waals surface area contributed by atoms with Gasteiger partial charge in [0.2, 0.25) is 5.78 Å². The highest BCUT2D eigenvalue weighted by Crippen LogP contribution is 2.41. The van der Waals surface area contributed by atoms with Crippen LogP contribution in [-0.4, -0.2) is 17.7 Å². The SMILES string of the molecule is CCCC1C2=C(CCCC2=O)OC1C(=O)c1ccccc1. The Labute approximate surface area is 125 Å². The maximum absolute atomic E-state index is 12.7. The lowest BCUT2D eigenvalue weighted by molar-refractivity contribution is -0.116. The number of allylic oxidation sites excluding steroid dienone is 1. The number of benzene rings is 1. The van der Waals surface area contributed by atoms with Crippen molar-refractivity contribution in [3.63, 3.8) is 0 Å². The van der Waals surface area contributed by atoms with Crippen LogP contribution in [0.4, 0.5) is 0 Å². The van der Waals surface area contributed by atoms with Crippen LogP contribution in [-0.2, 0) is 9.53 Å². The van der Waals surface area contributed by atoms with Gasteiger partial charge in [0.15, 0.2) is 11.9 Å². The van der Waals surface area contributed by atoms with Gasteiger partial charge in [0.05, 0.1) is 0 Å². The van der Waals surface area contributed by atoms with Crippen molar-refractivity contribution in [2.75, 3.05) is 0 Å². The van der Waals surface area contributed by atoms with Crippen molar-refractivity contribution < 1.29 is 14.3 Å². The molecule has 0 aromatic heterocycles. The molecule has 2 unspecified atom stereocenters. The normalized spacial score (nSPS) is 24.7. The Morgan fingerprint density at radius 2 is 2.00 bits per heavy atom. The molecule has 0 bridgehead atoms. The van der Waals surface area contributed by atoms with E-state index in [0.29, 0.717) is 12.0 Å². The molecule has 0 N–H and O–H groups in total. The van der Waals surface area contributed by atoms with E-state index in [1.54, 1.807) is 0 Å². The molecule has 0 spiro atoms. The molecule has 2 aliphatic rings. The number of Topliss-reactive ketones (excluding diaryl/α,β-unsaturated/α-hetero) is 2. The van der Waals surface area contributed by atoms with E-state index in [-0.39, 0.29) is 17.5 Å². The van der Waals surface area contributed by atoms with E-state index in [1.165, 1.54) is 0 Å². The molecule has 3 rings (SSSR count). The van der Waals surface area contributed by atoms with Crippen molar-refractivity contribution in [2.24, 2.45) is 5.92 Å². The number of hydrogen-bond acceptors (Lipinski definition) is 3. The van der Waals surface area contributed by atoms with E-state index in [9.17, 15) is 9.59 Å². The van der Waals surface area contributed by atoms with Gasteiger partial charge in [-0.3, -0.25) is 9.59 Å². The maximum Gasteiger partial charge on any atom is 0.203 e. The maximum atomic E-state index is 12.7. The van der Waals surface area contributed by atoms with Gasteiger partial charge >= 0.3 is 0 Å². The van der Waals surface area contributed by atoms with Crippen molar-refractivity contribution in [2.45, 2.75) is 45.1 Å². The third-order valence-corrected chi connectivity index (χ3v) is 4.33. The predicted octanol–water partition coefficient (Wildman–Crippen LogP) is 3.69. The van der Waals surface area contributed by atoms with Crippen molar-refractivity contribution in [3.05, 3.63) is 47.2 Å². The second kappa shape index (κ2) is 5.84. The Morgan fingerprint density at radius 1 is 1.24 bits per heavy atom. The summed E-state index contributed by atoms with van der Waals surface area (Å²) in [7, 11) is 0. The molecule has 1 aromatic carbocycles. The summed E-state index contributed by atoms with van der Waals surface area (Å²) in [4.78, 5) is 24.9. The molecule has 0 amide bonds. The summed E-state index contributed by atoms with van der Waals surface area (Å²) in [5.41, 5.74) is 1.47. The fourth-order valence-electron chi connectivity index (χ4n) is 3.37. The van der Waals surface area contributed by atoms with Crippen LogP contribution in [0.2, 0.25) is 0 Å². The van der Waals surface area contributed by atoms with E-state index >= 15 is 0 Å². The zero-order valence-electron chi connectivity index (χ0n) is 12.3. The van der Waals surface area contributed by atoms with Crippen LogP contribution in [0.1, 0.15) is 49.4 Å². The summed E-state index contributed by atoms with van der Waals surface area (Å²) in [5, 5.41) is 0. The molecule has 3 heteroatoms. The lowest BCUT2D eigenvalue weighted by Crippen LogP contribution is -2.30. The van der Waals surface area contributed by atoms with E-state index < -0.39 is 6.10 Å². The minimum atomic E-state index is -0.514. The van der Waals surface area contributed by atoms with Gasteiger partial charge in [-0.25, -0.2) is 0 Å². The van der Waals surface area contributed by atoms with Gasteiger partial charge in [-0.15, -0.1) is 0 Å². The minimum Gasteiger partial charge on any atom is -0.486 e. The molecule has 0 saturated heterocycles. The molecule has 1 aliphatic carbocycles. The number of ketones is 2. The topological polar surface area (TPSA) is 43.4 Å². The third kappa shape index (κ3) is 2.53.